The predicted molar refractivity (Wildman–Crippen MR) is 65.6 cm³/mol. The lowest BCUT2D eigenvalue weighted by atomic mass is 10.2. The fourth-order valence-electron chi connectivity index (χ4n) is 1.84. The molecule has 0 saturated carbocycles. The first-order valence-corrected chi connectivity index (χ1v) is 5.95. The molecule has 1 aliphatic rings. The molecule has 0 atom stereocenters. The van der Waals surface area contributed by atoms with Crippen LogP contribution in [-0.2, 0) is 24.4 Å². The van der Waals surface area contributed by atoms with Crippen LogP contribution in [0.2, 0.25) is 0 Å². The van der Waals surface area contributed by atoms with E-state index in [4.69, 9.17) is 9.84 Å². The maximum Gasteiger partial charge on any atom is 0.410 e. The average Bonchev–Trinajstić information content (AvgIpc) is 2.69. The Morgan fingerprint density at radius 1 is 1.44 bits per heavy atom. The molecule has 98 valence electrons. The zero-order valence-electron chi connectivity index (χ0n) is 10.9. The minimum atomic E-state index is -0.491. The third kappa shape index (κ3) is 2.79. The lowest BCUT2D eigenvalue weighted by molar-refractivity contribution is 0.0240. The molecule has 1 aromatic rings. The van der Waals surface area contributed by atoms with Crippen molar-refractivity contribution in [1.29, 1.82) is 0 Å². The number of nitrogens with zero attached hydrogens (tertiary/aromatic N) is 2. The van der Waals surface area contributed by atoms with Gasteiger partial charge >= 0.3 is 6.09 Å². The Labute approximate surface area is 106 Å². The molecular formula is C13H18N2O3. The van der Waals surface area contributed by atoms with Crippen LogP contribution in [0, 0.1) is 0 Å². The number of pyridine rings is 1. The summed E-state index contributed by atoms with van der Waals surface area (Å²) < 4.78 is 5.32. The zero-order valence-corrected chi connectivity index (χ0v) is 10.9. The van der Waals surface area contributed by atoms with Crippen molar-refractivity contribution < 1.29 is 14.6 Å². The lowest BCUT2D eigenvalue weighted by Gasteiger charge is -2.23. The van der Waals surface area contributed by atoms with Gasteiger partial charge in [-0.15, -0.1) is 0 Å². The molecule has 0 spiro atoms. The number of carbonyl (C=O) groups is 1. The van der Waals surface area contributed by atoms with E-state index in [1.54, 1.807) is 11.0 Å². The van der Waals surface area contributed by atoms with E-state index in [0.29, 0.717) is 18.8 Å². The molecule has 0 aromatic carbocycles. The number of aromatic nitrogens is 1. The van der Waals surface area contributed by atoms with Crippen LogP contribution < -0.4 is 0 Å². The number of rotatable bonds is 1. The molecule has 1 N–H and O–H groups in total. The van der Waals surface area contributed by atoms with Gasteiger partial charge in [0, 0.05) is 0 Å². The molecule has 1 aliphatic heterocycles. The van der Waals surface area contributed by atoms with Gasteiger partial charge in [0.05, 0.1) is 31.1 Å². The number of aliphatic hydroxyl groups is 1. The summed E-state index contributed by atoms with van der Waals surface area (Å²) in [5.41, 5.74) is 1.99. The fourth-order valence-corrected chi connectivity index (χ4v) is 1.84. The number of aliphatic hydroxyl groups excluding tert-OH is 1. The summed E-state index contributed by atoms with van der Waals surface area (Å²) in [7, 11) is 0. The van der Waals surface area contributed by atoms with Crippen molar-refractivity contribution in [3.8, 4) is 0 Å². The van der Waals surface area contributed by atoms with Crippen molar-refractivity contribution in [2.24, 2.45) is 0 Å². The molecule has 2 rings (SSSR count). The highest BCUT2D eigenvalue weighted by molar-refractivity contribution is 5.69. The van der Waals surface area contributed by atoms with Crippen LogP contribution >= 0.6 is 0 Å². The maximum absolute atomic E-state index is 11.9. The van der Waals surface area contributed by atoms with E-state index in [2.05, 4.69) is 4.98 Å². The van der Waals surface area contributed by atoms with Crippen LogP contribution in [0.4, 0.5) is 4.79 Å². The summed E-state index contributed by atoms with van der Waals surface area (Å²) >= 11 is 0. The van der Waals surface area contributed by atoms with Crippen LogP contribution in [0.15, 0.2) is 12.1 Å². The zero-order chi connectivity index (χ0) is 13.3. The van der Waals surface area contributed by atoms with Crippen molar-refractivity contribution in [2.45, 2.75) is 46.1 Å². The van der Waals surface area contributed by atoms with Crippen molar-refractivity contribution in [1.82, 2.24) is 9.88 Å². The molecule has 1 amide bonds. The molecule has 18 heavy (non-hydrogen) atoms. The molecule has 2 heterocycles. The normalized spacial score (nSPS) is 14.6. The van der Waals surface area contributed by atoms with Crippen molar-refractivity contribution >= 4 is 6.09 Å². The minimum absolute atomic E-state index is 0.0836. The van der Waals surface area contributed by atoms with Gasteiger partial charge in [-0.3, -0.25) is 9.88 Å². The molecule has 0 saturated heterocycles. The first-order valence-electron chi connectivity index (χ1n) is 5.95. The van der Waals surface area contributed by atoms with Gasteiger partial charge in [0.1, 0.15) is 5.60 Å². The van der Waals surface area contributed by atoms with Crippen LogP contribution in [0.5, 0.6) is 0 Å². The van der Waals surface area contributed by atoms with Gasteiger partial charge in [0.2, 0.25) is 0 Å². The van der Waals surface area contributed by atoms with E-state index >= 15 is 0 Å². The van der Waals surface area contributed by atoms with Crippen LogP contribution in [0.3, 0.4) is 0 Å². The quantitative estimate of drug-likeness (QED) is 0.826. The van der Waals surface area contributed by atoms with Crippen LogP contribution in [-0.4, -0.2) is 26.7 Å². The number of hydrogen-bond donors (Lipinski definition) is 1. The number of amides is 1. The van der Waals surface area contributed by atoms with E-state index in [1.807, 2.05) is 26.8 Å². The van der Waals surface area contributed by atoms with Gasteiger partial charge in [-0.25, -0.2) is 4.79 Å². The first kappa shape index (κ1) is 12.8. The highest BCUT2D eigenvalue weighted by atomic mass is 16.6. The molecule has 0 unspecified atom stereocenters. The Morgan fingerprint density at radius 2 is 2.17 bits per heavy atom. The van der Waals surface area contributed by atoms with E-state index in [9.17, 15) is 4.79 Å². The van der Waals surface area contributed by atoms with E-state index in [-0.39, 0.29) is 12.7 Å². The number of ether oxygens (including phenoxy) is 1. The molecule has 0 aliphatic carbocycles. The third-order valence-corrected chi connectivity index (χ3v) is 2.64. The molecular weight excluding hydrogens is 232 g/mol. The SMILES string of the molecule is CC(C)(C)OC(=O)N1Cc2ccc(CO)nc2C1. The molecule has 0 radical (unpaired) electrons. The standard InChI is InChI=1S/C13H18N2O3/c1-13(2,3)18-12(17)15-6-9-4-5-10(8-16)14-11(9)7-15/h4-5,16H,6-8H2,1-3H3. The lowest BCUT2D eigenvalue weighted by Crippen LogP contribution is -2.33. The van der Waals surface area contributed by atoms with Crippen molar-refractivity contribution in [3.63, 3.8) is 0 Å². The van der Waals surface area contributed by atoms with Gasteiger partial charge in [-0.05, 0) is 32.4 Å². The summed E-state index contributed by atoms with van der Waals surface area (Å²) in [5.74, 6) is 0. The highest BCUT2D eigenvalue weighted by Gasteiger charge is 2.28. The summed E-state index contributed by atoms with van der Waals surface area (Å²) in [6.45, 7) is 6.41. The molecule has 0 fully saturated rings. The smallest absolute Gasteiger partial charge is 0.410 e. The Hall–Kier alpha value is -1.62. The Balaban J connectivity index is 2.08. The van der Waals surface area contributed by atoms with Gasteiger partial charge < -0.3 is 9.84 Å². The van der Waals surface area contributed by atoms with Crippen LogP contribution in [0.1, 0.15) is 37.7 Å². The van der Waals surface area contributed by atoms with Crippen molar-refractivity contribution in [2.75, 3.05) is 0 Å². The molecule has 5 nitrogen and oxygen atoms in total. The maximum atomic E-state index is 11.9. The first-order chi connectivity index (χ1) is 8.39. The Kier molecular flexibility index (Phi) is 3.26. The van der Waals surface area contributed by atoms with Crippen molar-refractivity contribution in [3.05, 3.63) is 29.1 Å². The second kappa shape index (κ2) is 4.57. The van der Waals surface area contributed by atoms with Gasteiger partial charge in [-0.1, -0.05) is 6.07 Å². The minimum Gasteiger partial charge on any atom is -0.444 e. The highest BCUT2D eigenvalue weighted by Crippen LogP contribution is 2.23. The predicted octanol–water partition coefficient (Wildman–Crippen LogP) is 1.82. The topological polar surface area (TPSA) is 62.7 Å². The summed E-state index contributed by atoms with van der Waals surface area (Å²) in [5, 5.41) is 9.03. The third-order valence-electron chi connectivity index (χ3n) is 2.64. The van der Waals surface area contributed by atoms with E-state index < -0.39 is 5.60 Å². The van der Waals surface area contributed by atoms with Crippen LogP contribution in [0.25, 0.3) is 0 Å². The monoisotopic (exact) mass is 250 g/mol. The fraction of sp³-hybridized carbons (Fsp3) is 0.538. The number of hydrogen-bond acceptors (Lipinski definition) is 4. The second-order valence-electron chi connectivity index (χ2n) is 5.40. The summed E-state index contributed by atoms with van der Waals surface area (Å²) in [6, 6.07) is 3.68. The summed E-state index contributed by atoms with van der Waals surface area (Å²) in [6.07, 6.45) is -0.328. The van der Waals surface area contributed by atoms with E-state index in [1.165, 1.54) is 0 Å². The number of fused-ring (bicyclic) bond motifs is 1. The van der Waals surface area contributed by atoms with Gasteiger partial charge in [-0.2, -0.15) is 0 Å². The van der Waals surface area contributed by atoms with Gasteiger partial charge in [0.15, 0.2) is 0 Å². The largest absolute Gasteiger partial charge is 0.444 e. The Morgan fingerprint density at radius 3 is 2.78 bits per heavy atom. The van der Waals surface area contributed by atoms with Gasteiger partial charge in [0.25, 0.3) is 0 Å². The Bertz CT molecular complexity index is 466. The molecule has 1 aromatic heterocycles. The van der Waals surface area contributed by atoms with E-state index in [0.717, 1.165) is 11.3 Å². The second-order valence-corrected chi connectivity index (χ2v) is 5.40. The number of carbonyl (C=O) groups excluding carboxylic acids is 1. The molecule has 0 bridgehead atoms. The summed E-state index contributed by atoms with van der Waals surface area (Å²) in [4.78, 5) is 17.8. The average molecular weight is 250 g/mol. The molecule has 5 heteroatoms.